The lowest BCUT2D eigenvalue weighted by Gasteiger charge is -2.28. The van der Waals surface area contributed by atoms with Gasteiger partial charge in [0, 0.05) is 6.54 Å². The summed E-state index contributed by atoms with van der Waals surface area (Å²) in [5, 5.41) is 3.00. The third kappa shape index (κ3) is 5.30. The number of nitrogens with one attached hydrogen (secondary N) is 1. The van der Waals surface area contributed by atoms with Crippen LogP contribution in [0, 0.1) is 5.82 Å². The van der Waals surface area contributed by atoms with Crippen LogP contribution in [0.1, 0.15) is 30.9 Å². The van der Waals surface area contributed by atoms with Crippen molar-refractivity contribution in [2.24, 2.45) is 0 Å². The zero-order chi connectivity index (χ0) is 18.2. The van der Waals surface area contributed by atoms with Crippen molar-refractivity contribution >= 4 is 5.91 Å². The van der Waals surface area contributed by atoms with Crippen molar-refractivity contribution in [2.45, 2.75) is 25.3 Å². The van der Waals surface area contributed by atoms with Crippen LogP contribution in [0.4, 0.5) is 4.39 Å². The van der Waals surface area contributed by atoms with Gasteiger partial charge in [0.1, 0.15) is 11.6 Å². The molecule has 0 aromatic heterocycles. The number of hydrogen-bond donors (Lipinski definition) is 1. The van der Waals surface area contributed by atoms with E-state index in [-0.39, 0.29) is 17.8 Å². The van der Waals surface area contributed by atoms with E-state index in [4.69, 9.17) is 4.74 Å². The van der Waals surface area contributed by atoms with Gasteiger partial charge >= 0.3 is 0 Å². The number of nitrogens with zero attached hydrogens (tertiary/aromatic N) is 1. The maximum Gasteiger partial charge on any atom is 0.223 e. The number of likely N-dealkylation sites (tertiary alicyclic amines) is 1. The molecule has 1 fully saturated rings. The van der Waals surface area contributed by atoms with Crippen LogP contribution in [0.25, 0.3) is 0 Å². The summed E-state index contributed by atoms with van der Waals surface area (Å²) < 4.78 is 18.8. The monoisotopic (exact) mass is 356 g/mol. The highest BCUT2D eigenvalue weighted by molar-refractivity contribution is 5.76. The Morgan fingerprint density at radius 3 is 2.46 bits per heavy atom. The zero-order valence-corrected chi connectivity index (χ0v) is 14.9. The Morgan fingerprint density at radius 1 is 1.08 bits per heavy atom. The van der Waals surface area contributed by atoms with E-state index in [0.29, 0.717) is 19.6 Å². The number of carbonyl (C=O) groups is 1. The van der Waals surface area contributed by atoms with Crippen LogP contribution in [0.15, 0.2) is 54.6 Å². The average molecular weight is 356 g/mol. The van der Waals surface area contributed by atoms with Crippen molar-refractivity contribution in [3.63, 3.8) is 0 Å². The average Bonchev–Trinajstić information content (AvgIpc) is 3.19. The van der Waals surface area contributed by atoms with Crippen molar-refractivity contribution in [2.75, 3.05) is 26.2 Å². The van der Waals surface area contributed by atoms with E-state index in [9.17, 15) is 9.18 Å². The predicted molar refractivity (Wildman–Crippen MR) is 99.5 cm³/mol. The Kier molecular flexibility index (Phi) is 6.61. The molecule has 0 aliphatic carbocycles. The Hall–Kier alpha value is -2.40. The largest absolute Gasteiger partial charge is 0.493 e. The lowest BCUT2D eigenvalue weighted by molar-refractivity contribution is -0.121. The SMILES string of the molecule is O=C(CCOc1ccccc1)NCC(c1ccc(F)cc1)N1CCCC1. The molecule has 4 nitrogen and oxygen atoms in total. The molecule has 2 aromatic rings. The molecule has 1 unspecified atom stereocenters. The van der Waals surface area contributed by atoms with Crippen LogP contribution in [0.5, 0.6) is 5.75 Å². The van der Waals surface area contributed by atoms with Gasteiger partial charge in [0.2, 0.25) is 5.91 Å². The zero-order valence-electron chi connectivity index (χ0n) is 14.9. The molecule has 1 N–H and O–H groups in total. The Morgan fingerprint density at radius 2 is 1.77 bits per heavy atom. The van der Waals surface area contributed by atoms with Crippen LogP contribution < -0.4 is 10.1 Å². The van der Waals surface area contributed by atoms with Crippen molar-refractivity contribution in [3.8, 4) is 5.75 Å². The van der Waals surface area contributed by atoms with Crippen LogP contribution >= 0.6 is 0 Å². The van der Waals surface area contributed by atoms with E-state index in [1.54, 1.807) is 0 Å². The fourth-order valence-corrected chi connectivity index (χ4v) is 3.27. The first-order valence-electron chi connectivity index (χ1n) is 9.16. The quantitative estimate of drug-likeness (QED) is 0.786. The second-order valence-corrected chi connectivity index (χ2v) is 6.53. The molecule has 1 atom stereocenters. The Labute approximate surface area is 154 Å². The van der Waals surface area contributed by atoms with Crippen LogP contribution in [-0.4, -0.2) is 37.0 Å². The summed E-state index contributed by atoms with van der Waals surface area (Å²) in [6, 6.07) is 16.1. The number of amides is 1. The molecule has 0 bridgehead atoms. The highest BCUT2D eigenvalue weighted by Gasteiger charge is 2.23. The second kappa shape index (κ2) is 9.34. The van der Waals surface area contributed by atoms with Gasteiger partial charge < -0.3 is 10.1 Å². The molecule has 1 heterocycles. The smallest absolute Gasteiger partial charge is 0.223 e. The molecular weight excluding hydrogens is 331 g/mol. The van der Waals surface area contributed by atoms with Crippen LogP contribution in [0.2, 0.25) is 0 Å². The number of para-hydroxylation sites is 1. The molecule has 26 heavy (non-hydrogen) atoms. The highest BCUT2D eigenvalue weighted by Crippen LogP contribution is 2.24. The normalized spacial score (nSPS) is 15.6. The first kappa shape index (κ1) is 18.4. The first-order valence-corrected chi connectivity index (χ1v) is 9.16. The number of halogens is 1. The van der Waals surface area contributed by atoms with E-state index in [1.165, 1.54) is 12.1 Å². The van der Waals surface area contributed by atoms with Gasteiger partial charge in [-0.1, -0.05) is 30.3 Å². The summed E-state index contributed by atoms with van der Waals surface area (Å²) in [6.45, 7) is 2.89. The van der Waals surface area contributed by atoms with Crippen molar-refractivity contribution in [3.05, 3.63) is 66.0 Å². The van der Waals surface area contributed by atoms with E-state index < -0.39 is 0 Å². The minimum absolute atomic E-state index is 0.0350. The third-order valence-corrected chi connectivity index (χ3v) is 4.67. The van der Waals surface area contributed by atoms with Crippen LogP contribution in [-0.2, 0) is 4.79 Å². The molecule has 1 aliphatic heterocycles. The summed E-state index contributed by atoms with van der Waals surface area (Å²) in [7, 11) is 0. The molecule has 138 valence electrons. The van der Waals surface area contributed by atoms with Gasteiger partial charge in [-0.05, 0) is 55.8 Å². The minimum atomic E-state index is -0.240. The Balaban J connectivity index is 1.50. The van der Waals surface area contributed by atoms with Gasteiger partial charge in [0.15, 0.2) is 0 Å². The van der Waals surface area contributed by atoms with Crippen molar-refractivity contribution in [1.29, 1.82) is 0 Å². The van der Waals surface area contributed by atoms with Crippen molar-refractivity contribution < 1.29 is 13.9 Å². The molecule has 0 radical (unpaired) electrons. The fourth-order valence-electron chi connectivity index (χ4n) is 3.27. The maximum atomic E-state index is 13.2. The first-order chi connectivity index (χ1) is 12.7. The van der Waals surface area contributed by atoms with Gasteiger partial charge in [-0.15, -0.1) is 0 Å². The number of carbonyl (C=O) groups excluding carboxylic acids is 1. The lowest BCUT2D eigenvalue weighted by atomic mass is 10.1. The predicted octanol–water partition coefficient (Wildman–Crippen LogP) is 3.55. The molecule has 1 amide bonds. The standard InChI is InChI=1S/C21H25FN2O2/c22-18-10-8-17(9-11-18)20(24-13-4-5-14-24)16-23-21(25)12-15-26-19-6-2-1-3-7-19/h1-3,6-11,20H,4-5,12-16H2,(H,23,25). The van der Waals surface area contributed by atoms with Gasteiger partial charge in [0.05, 0.1) is 19.1 Å². The van der Waals surface area contributed by atoms with Gasteiger partial charge in [-0.2, -0.15) is 0 Å². The number of benzene rings is 2. The fraction of sp³-hybridized carbons (Fsp3) is 0.381. The summed E-state index contributed by atoms with van der Waals surface area (Å²) in [6.07, 6.45) is 2.64. The van der Waals surface area contributed by atoms with E-state index in [2.05, 4.69) is 10.2 Å². The highest BCUT2D eigenvalue weighted by atomic mass is 19.1. The summed E-state index contributed by atoms with van der Waals surface area (Å²) >= 11 is 0. The molecule has 0 spiro atoms. The minimum Gasteiger partial charge on any atom is -0.493 e. The number of ether oxygens (including phenoxy) is 1. The van der Waals surface area contributed by atoms with Gasteiger partial charge in [-0.25, -0.2) is 4.39 Å². The van der Waals surface area contributed by atoms with Gasteiger partial charge in [-0.3, -0.25) is 9.69 Å². The van der Waals surface area contributed by atoms with E-state index >= 15 is 0 Å². The second-order valence-electron chi connectivity index (χ2n) is 6.53. The summed E-state index contributed by atoms with van der Waals surface area (Å²) in [4.78, 5) is 14.5. The molecule has 1 saturated heterocycles. The summed E-state index contributed by atoms with van der Waals surface area (Å²) in [5.41, 5.74) is 1.04. The van der Waals surface area contributed by atoms with E-state index in [0.717, 1.165) is 37.2 Å². The third-order valence-electron chi connectivity index (χ3n) is 4.67. The molecule has 1 aliphatic rings. The lowest BCUT2D eigenvalue weighted by Crippen LogP contribution is -2.37. The topological polar surface area (TPSA) is 41.6 Å². The van der Waals surface area contributed by atoms with Gasteiger partial charge in [0.25, 0.3) is 0 Å². The molecular formula is C21H25FN2O2. The Bertz CT molecular complexity index is 685. The number of rotatable bonds is 8. The van der Waals surface area contributed by atoms with Crippen molar-refractivity contribution in [1.82, 2.24) is 10.2 Å². The van der Waals surface area contributed by atoms with E-state index in [1.807, 2.05) is 42.5 Å². The molecule has 0 saturated carbocycles. The van der Waals surface area contributed by atoms with Crippen LogP contribution in [0.3, 0.4) is 0 Å². The molecule has 5 heteroatoms. The molecule has 2 aromatic carbocycles. The maximum absolute atomic E-state index is 13.2. The summed E-state index contributed by atoms with van der Waals surface area (Å²) in [5.74, 6) is 0.491. The number of hydrogen-bond acceptors (Lipinski definition) is 3. The molecule has 3 rings (SSSR count).